The van der Waals surface area contributed by atoms with E-state index in [0.717, 1.165) is 18.4 Å². The fraction of sp³-hybridized carbons (Fsp3) is 0.250. The minimum absolute atomic E-state index is 0.0483. The maximum absolute atomic E-state index is 12.7. The Balaban J connectivity index is 1.87. The number of phenols is 1. The number of nitrogens with two attached hydrogens (primary N) is 1. The van der Waals surface area contributed by atoms with Gasteiger partial charge in [0.15, 0.2) is 0 Å². The standard InChI is InChI=1S/C16H17N3O2/c17-15-4-3-13(20)9-14(15)16(21)19(12-1-2-12)10-11-5-7-18-8-6-11/h3-9,12,20H,1-2,10,17H2. The summed E-state index contributed by atoms with van der Waals surface area (Å²) in [6, 6.07) is 8.52. The van der Waals surface area contributed by atoms with Gasteiger partial charge in [-0.3, -0.25) is 9.78 Å². The van der Waals surface area contributed by atoms with Crippen LogP contribution in [0.5, 0.6) is 5.75 Å². The second kappa shape index (κ2) is 5.44. The molecular formula is C16H17N3O2. The lowest BCUT2D eigenvalue weighted by molar-refractivity contribution is 0.0730. The second-order valence-corrected chi connectivity index (χ2v) is 5.29. The average molecular weight is 283 g/mol. The number of nitrogens with zero attached hydrogens (tertiary/aromatic N) is 2. The van der Waals surface area contributed by atoms with Gasteiger partial charge < -0.3 is 15.7 Å². The fourth-order valence-electron chi connectivity index (χ4n) is 2.32. The van der Waals surface area contributed by atoms with Gasteiger partial charge in [0.25, 0.3) is 5.91 Å². The highest BCUT2D eigenvalue weighted by Gasteiger charge is 2.33. The molecule has 108 valence electrons. The molecule has 1 aliphatic rings. The summed E-state index contributed by atoms with van der Waals surface area (Å²) in [5.41, 5.74) is 7.65. The molecule has 1 fully saturated rings. The number of hydrogen-bond donors (Lipinski definition) is 2. The van der Waals surface area contributed by atoms with Crippen LogP contribution in [0.4, 0.5) is 5.69 Å². The van der Waals surface area contributed by atoms with Crippen molar-refractivity contribution in [1.82, 2.24) is 9.88 Å². The van der Waals surface area contributed by atoms with Crippen LogP contribution in [0.1, 0.15) is 28.8 Å². The van der Waals surface area contributed by atoms with Gasteiger partial charge in [0.05, 0.1) is 5.56 Å². The van der Waals surface area contributed by atoms with Crippen LogP contribution in [0.2, 0.25) is 0 Å². The number of benzene rings is 1. The highest BCUT2D eigenvalue weighted by Crippen LogP contribution is 2.31. The normalized spacial score (nSPS) is 13.9. The molecule has 2 aromatic rings. The molecule has 0 saturated heterocycles. The van der Waals surface area contributed by atoms with Gasteiger partial charge in [0, 0.05) is 30.7 Å². The highest BCUT2D eigenvalue weighted by atomic mass is 16.3. The van der Waals surface area contributed by atoms with Crippen LogP contribution < -0.4 is 5.73 Å². The minimum Gasteiger partial charge on any atom is -0.508 e. The third-order valence-corrected chi connectivity index (χ3v) is 3.62. The highest BCUT2D eigenvalue weighted by molar-refractivity contribution is 5.99. The Kier molecular flexibility index (Phi) is 3.48. The van der Waals surface area contributed by atoms with Crippen molar-refractivity contribution >= 4 is 11.6 Å². The van der Waals surface area contributed by atoms with Gasteiger partial charge in [0.1, 0.15) is 5.75 Å². The molecule has 0 radical (unpaired) electrons. The lowest BCUT2D eigenvalue weighted by atomic mass is 10.1. The zero-order valence-electron chi connectivity index (χ0n) is 11.6. The number of carbonyl (C=O) groups is 1. The van der Waals surface area contributed by atoms with Gasteiger partial charge in [-0.05, 0) is 48.7 Å². The van der Waals surface area contributed by atoms with E-state index >= 15 is 0 Å². The maximum atomic E-state index is 12.7. The van der Waals surface area contributed by atoms with Crippen molar-refractivity contribution in [3.8, 4) is 5.75 Å². The van der Waals surface area contributed by atoms with Crippen molar-refractivity contribution in [1.29, 1.82) is 0 Å². The molecule has 1 aromatic heterocycles. The predicted molar refractivity (Wildman–Crippen MR) is 79.7 cm³/mol. The molecular weight excluding hydrogens is 266 g/mol. The van der Waals surface area contributed by atoms with Gasteiger partial charge in [-0.2, -0.15) is 0 Å². The van der Waals surface area contributed by atoms with Gasteiger partial charge in [-0.15, -0.1) is 0 Å². The smallest absolute Gasteiger partial charge is 0.256 e. The van der Waals surface area contributed by atoms with Gasteiger partial charge >= 0.3 is 0 Å². The summed E-state index contributed by atoms with van der Waals surface area (Å²) in [7, 11) is 0. The number of rotatable bonds is 4. The van der Waals surface area contributed by atoms with Gasteiger partial charge in [-0.1, -0.05) is 0 Å². The third-order valence-electron chi connectivity index (χ3n) is 3.62. The predicted octanol–water partition coefficient (Wildman–Crippen LogP) is 2.17. The van der Waals surface area contributed by atoms with Crippen LogP contribution in [-0.4, -0.2) is 26.9 Å². The number of carbonyl (C=O) groups excluding carboxylic acids is 1. The van der Waals surface area contributed by atoms with Gasteiger partial charge in [0.2, 0.25) is 0 Å². The molecule has 0 aliphatic heterocycles. The molecule has 0 bridgehead atoms. The molecule has 1 heterocycles. The van der Waals surface area contributed by atoms with E-state index in [1.165, 1.54) is 12.1 Å². The molecule has 21 heavy (non-hydrogen) atoms. The Labute approximate surface area is 123 Å². The fourth-order valence-corrected chi connectivity index (χ4v) is 2.32. The first-order chi connectivity index (χ1) is 10.1. The Morgan fingerprint density at radius 2 is 2.00 bits per heavy atom. The Morgan fingerprint density at radius 1 is 1.29 bits per heavy atom. The Morgan fingerprint density at radius 3 is 2.67 bits per heavy atom. The number of aromatic nitrogens is 1. The third kappa shape index (κ3) is 2.97. The summed E-state index contributed by atoms with van der Waals surface area (Å²) in [6.07, 6.45) is 5.45. The molecule has 5 heteroatoms. The van der Waals surface area contributed by atoms with Crippen LogP contribution in [0, 0.1) is 0 Å². The largest absolute Gasteiger partial charge is 0.508 e. The van der Waals surface area contributed by atoms with E-state index in [1.807, 2.05) is 17.0 Å². The first-order valence-corrected chi connectivity index (χ1v) is 6.93. The summed E-state index contributed by atoms with van der Waals surface area (Å²) in [6.45, 7) is 0.529. The summed E-state index contributed by atoms with van der Waals surface area (Å²) >= 11 is 0. The zero-order chi connectivity index (χ0) is 14.8. The number of nitrogen functional groups attached to an aromatic ring is 1. The lowest BCUT2D eigenvalue weighted by Gasteiger charge is -2.23. The number of pyridine rings is 1. The average Bonchev–Trinajstić information content (AvgIpc) is 3.32. The molecule has 3 rings (SSSR count). The van der Waals surface area contributed by atoms with Crippen molar-refractivity contribution in [3.05, 3.63) is 53.9 Å². The first kappa shape index (κ1) is 13.4. The number of phenolic OH excluding ortho intramolecular Hbond substituents is 1. The van der Waals surface area contributed by atoms with Crippen molar-refractivity contribution in [2.75, 3.05) is 5.73 Å². The summed E-state index contributed by atoms with van der Waals surface area (Å²) in [4.78, 5) is 18.5. The summed E-state index contributed by atoms with van der Waals surface area (Å²) < 4.78 is 0. The van der Waals surface area contributed by atoms with E-state index in [0.29, 0.717) is 17.8 Å². The molecule has 1 aromatic carbocycles. The lowest BCUT2D eigenvalue weighted by Crippen LogP contribution is -2.33. The topological polar surface area (TPSA) is 79.5 Å². The number of anilines is 1. The second-order valence-electron chi connectivity index (χ2n) is 5.29. The molecule has 3 N–H and O–H groups in total. The van der Waals surface area contributed by atoms with E-state index in [-0.39, 0.29) is 17.7 Å². The van der Waals surface area contributed by atoms with E-state index in [9.17, 15) is 9.90 Å². The van der Waals surface area contributed by atoms with Crippen molar-refractivity contribution in [2.24, 2.45) is 0 Å². The van der Waals surface area contributed by atoms with Crippen molar-refractivity contribution in [3.63, 3.8) is 0 Å². The number of amides is 1. The van der Waals surface area contributed by atoms with E-state index in [4.69, 9.17) is 5.73 Å². The molecule has 0 atom stereocenters. The molecule has 1 aliphatic carbocycles. The zero-order valence-corrected chi connectivity index (χ0v) is 11.6. The molecule has 1 saturated carbocycles. The van der Waals surface area contributed by atoms with Crippen LogP contribution >= 0.6 is 0 Å². The van der Waals surface area contributed by atoms with Crippen LogP contribution in [0.25, 0.3) is 0 Å². The van der Waals surface area contributed by atoms with Crippen LogP contribution in [0.15, 0.2) is 42.7 Å². The van der Waals surface area contributed by atoms with Crippen LogP contribution in [0.3, 0.4) is 0 Å². The summed E-state index contributed by atoms with van der Waals surface area (Å²) in [5.74, 6) is -0.0880. The van der Waals surface area contributed by atoms with E-state index < -0.39 is 0 Å². The number of aromatic hydroxyl groups is 1. The maximum Gasteiger partial charge on any atom is 0.256 e. The molecule has 0 unspecified atom stereocenters. The van der Waals surface area contributed by atoms with Crippen LogP contribution in [-0.2, 0) is 6.54 Å². The quantitative estimate of drug-likeness (QED) is 0.665. The molecule has 0 spiro atoms. The van der Waals surface area contributed by atoms with E-state index in [1.54, 1.807) is 18.5 Å². The monoisotopic (exact) mass is 283 g/mol. The Hall–Kier alpha value is -2.56. The molecule has 5 nitrogen and oxygen atoms in total. The van der Waals surface area contributed by atoms with E-state index in [2.05, 4.69) is 4.98 Å². The molecule has 1 amide bonds. The SMILES string of the molecule is Nc1ccc(O)cc1C(=O)N(Cc1ccncc1)C1CC1. The summed E-state index contributed by atoms with van der Waals surface area (Å²) in [5, 5.41) is 9.58. The first-order valence-electron chi connectivity index (χ1n) is 6.93. The van der Waals surface area contributed by atoms with Crippen molar-refractivity contribution < 1.29 is 9.90 Å². The van der Waals surface area contributed by atoms with Gasteiger partial charge in [-0.25, -0.2) is 0 Å². The Bertz CT molecular complexity index is 654. The number of hydrogen-bond acceptors (Lipinski definition) is 4. The minimum atomic E-state index is -0.136. The van der Waals surface area contributed by atoms with Crippen molar-refractivity contribution in [2.45, 2.75) is 25.4 Å².